The number of aromatic hydroxyl groups is 1. The van der Waals surface area contributed by atoms with Crippen LogP contribution in [0.15, 0.2) is 18.2 Å². The standard InChI is InChI=1S/C22H35NO3S/c1-4-8-17-11-16(15-27(25,26)23(5-2)6-3)12-19-14-21-18(13-20(17)19)9-7-10-22(21)24/h7,9-10,16-17,19-20,24H,4-6,8,11-15H2,1-3H3/t16-,17?,19-,20+/m0/s1. The first-order valence-electron chi connectivity index (χ1n) is 10.7. The summed E-state index contributed by atoms with van der Waals surface area (Å²) >= 11 is 0. The molecule has 0 bridgehead atoms. The van der Waals surface area contributed by atoms with E-state index in [0.29, 0.717) is 36.6 Å². The number of phenolic OH excluding ortho intramolecular Hbond substituents is 1. The number of nitrogens with zero attached hydrogens (tertiary/aromatic N) is 1. The maximum absolute atomic E-state index is 12.8. The van der Waals surface area contributed by atoms with Gasteiger partial charge in [-0.3, -0.25) is 0 Å². The molecule has 3 rings (SSSR count). The molecule has 0 radical (unpaired) electrons. The lowest BCUT2D eigenvalue weighted by Crippen LogP contribution is -2.42. The van der Waals surface area contributed by atoms with Crippen LogP contribution in [0.4, 0.5) is 0 Å². The van der Waals surface area contributed by atoms with Crippen molar-refractivity contribution in [2.45, 2.75) is 59.3 Å². The van der Waals surface area contributed by atoms with E-state index in [1.54, 1.807) is 10.4 Å². The van der Waals surface area contributed by atoms with Crippen molar-refractivity contribution < 1.29 is 13.5 Å². The van der Waals surface area contributed by atoms with Crippen LogP contribution < -0.4 is 0 Å². The molecule has 4 atom stereocenters. The maximum Gasteiger partial charge on any atom is 0.214 e. The van der Waals surface area contributed by atoms with Crippen molar-refractivity contribution >= 4 is 10.0 Å². The molecule has 0 aliphatic heterocycles. The molecule has 0 amide bonds. The normalized spacial score (nSPS) is 28.0. The van der Waals surface area contributed by atoms with Crippen LogP contribution in [0.25, 0.3) is 0 Å². The minimum Gasteiger partial charge on any atom is -0.508 e. The zero-order chi connectivity index (χ0) is 19.6. The molecular weight excluding hydrogens is 358 g/mol. The molecule has 1 fully saturated rings. The zero-order valence-electron chi connectivity index (χ0n) is 17.0. The Morgan fingerprint density at radius 2 is 1.85 bits per heavy atom. The van der Waals surface area contributed by atoms with Crippen molar-refractivity contribution in [3.05, 3.63) is 29.3 Å². The highest BCUT2D eigenvalue weighted by atomic mass is 32.2. The smallest absolute Gasteiger partial charge is 0.214 e. The first-order chi connectivity index (χ1) is 12.9. The van der Waals surface area contributed by atoms with Gasteiger partial charge in [0.05, 0.1) is 5.75 Å². The molecule has 1 N–H and O–H groups in total. The maximum atomic E-state index is 12.8. The van der Waals surface area contributed by atoms with E-state index in [2.05, 4.69) is 13.0 Å². The van der Waals surface area contributed by atoms with E-state index in [1.165, 1.54) is 12.0 Å². The average molecular weight is 394 g/mol. The molecule has 0 heterocycles. The second-order valence-corrected chi connectivity index (χ2v) is 10.5. The van der Waals surface area contributed by atoms with Crippen molar-refractivity contribution in [2.75, 3.05) is 18.8 Å². The Bertz CT molecular complexity index is 742. The van der Waals surface area contributed by atoms with Gasteiger partial charge < -0.3 is 5.11 Å². The molecule has 0 saturated heterocycles. The fourth-order valence-corrected chi connectivity index (χ4v) is 7.54. The fraction of sp³-hybridized carbons (Fsp3) is 0.727. The molecule has 152 valence electrons. The van der Waals surface area contributed by atoms with E-state index in [9.17, 15) is 13.5 Å². The van der Waals surface area contributed by atoms with Crippen molar-refractivity contribution in [3.63, 3.8) is 0 Å². The molecule has 0 aromatic heterocycles. The molecule has 2 aliphatic carbocycles. The molecule has 1 aromatic rings. The molecule has 5 heteroatoms. The summed E-state index contributed by atoms with van der Waals surface area (Å²) in [6.45, 7) is 7.17. The number of benzene rings is 1. The van der Waals surface area contributed by atoms with Crippen LogP contribution >= 0.6 is 0 Å². The van der Waals surface area contributed by atoms with Gasteiger partial charge >= 0.3 is 0 Å². The third kappa shape index (κ3) is 4.34. The van der Waals surface area contributed by atoms with Crippen molar-refractivity contribution in [1.82, 2.24) is 4.31 Å². The van der Waals surface area contributed by atoms with Gasteiger partial charge in [-0.2, -0.15) is 0 Å². The molecule has 1 aromatic carbocycles. The summed E-state index contributed by atoms with van der Waals surface area (Å²) < 4.78 is 27.3. The molecule has 1 saturated carbocycles. The summed E-state index contributed by atoms with van der Waals surface area (Å²) in [5, 5.41) is 10.3. The van der Waals surface area contributed by atoms with Gasteiger partial charge in [-0.25, -0.2) is 12.7 Å². The Kier molecular flexibility index (Phi) is 6.52. The Labute approximate surface area is 165 Å². The van der Waals surface area contributed by atoms with Gasteiger partial charge in [-0.1, -0.05) is 45.7 Å². The highest BCUT2D eigenvalue weighted by Crippen LogP contribution is 2.48. The van der Waals surface area contributed by atoms with Crippen LogP contribution in [-0.4, -0.2) is 36.7 Å². The van der Waals surface area contributed by atoms with Crippen LogP contribution in [0.5, 0.6) is 5.75 Å². The number of rotatable bonds is 7. The van der Waals surface area contributed by atoms with E-state index in [1.807, 2.05) is 19.9 Å². The minimum atomic E-state index is -3.18. The third-order valence-corrected chi connectivity index (χ3v) is 9.05. The van der Waals surface area contributed by atoms with Crippen LogP contribution in [0.1, 0.15) is 57.6 Å². The molecule has 2 aliphatic rings. The van der Waals surface area contributed by atoms with Gasteiger partial charge in [0.15, 0.2) is 0 Å². The van der Waals surface area contributed by atoms with Gasteiger partial charge in [0, 0.05) is 13.1 Å². The van der Waals surface area contributed by atoms with Crippen LogP contribution in [0, 0.1) is 23.7 Å². The first kappa shape index (κ1) is 20.7. The van der Waals surface area contributed by atoms with Crippen molar-refractivity contribution in [3.8, 4) is 5.75 Å². The summed E-state index contributed by atoms with van der Waals surface area (Å²) in [6, 6.07) is 5.89. The SMILES string of the molecule is CCCC1C[C@H](CS(=O)(=O)N(CC)CC)C[C@H]2Cc3c(O)cccc3C[C@H]12. The molecule has 1 unspecified atom stereocenters. The topological polar surface area (TPSA) is 57.6 Å². The number of fused-ring (bicyclic) bond motifs is 2. The number of hydrogen-bond donors (Lipinski definition) is 1. The predicted octanol–water partition coefficient (Wildman–Crippen LogP) is 4.22. The van der Waals surface area contributed by atoms with E-state index in [-0.39, 0.29) is 11.7 Å². The summed E-state index contributed by atoms with van der Waals surface area (Å²) in [4.78, 5) is 0. The van der Waals surface area contributed by atoms with Gasteiger partial charge in [0.2, 0.25) is 10.0 Å². The van der Waals surface area contributed by atoms with Crippen LogP contribution in [-0.2, 0) is 22.9 Å². The predicted molar refractivity (Wildman–Crippen MR) is 110 cm³/mol. The summed E-state index contributed by atoms with van der Waals surface area (Å²) in [7, 11) is -3.18. The van der Waals surface area contributed by atoms with E-state index in [4.69, 9.17) is 0 Å². The number of sulfonamides is 1. The Balaban J connectivity index is 1.81. The van der Waals surface area contributed by atoms with Crippen molar-refractivity contribution in [1.29, 1.82) is 0 Å². The average Bonchev–Trinajstić information content (AvgIpc) is 2.62. The highest BCUT2D eigenvalue weighted by Gasteiger charge is 2.42. The molecule has 0 spiro atoms. The van der Waals surface area contributed by atoms with E-state index >= 15 is 0 Å². The second-order valence-electron chi connectivity index (χ2n) is 8.50. The number of hydrogen-bond acceptors (Lipinski definition) is 3. The highest BCUT2D eigenvalue weighted by molar-refractivity contribution is 7.89. The van der Waals surface area contributed by atoms with E-state index in [0.717, 1.165) is 37.7 Å². The summed E-state index contributed by atoms with van der Waals surface area (Å²) in [6.07, 6.45) is 6.26. The fourth-order valence-electron chi connectivity index (χ4n) is 5.68. The van der Waals surface area contributed by atoms with Gasteiger partial charge in [-0.15, -0.1) is 0 Å². The molecule has 27 heavy (non-hydrogen) atoms. The van der Waals surface area contributed by atoms with Gasteiger partial charge in [-0.05, 0) is 66.5 Å². The number of phenols is 1. The molecule has 4 nitrogen and oxygen atoms in total. The second kappa shape index (κ2) is 8.52. The lowest BCUT2D eigenvalue weighted by atomic mass is 9.60. The molecular formula is C22H35NO3S. The zero-order valence-corrected chi connectivity index (χ0v) is 17.8. The summed E-state index contributed by atoms with van der Waals surface area (Å²) in [5.41, 5.74) is 2.40. The lowest BCUT2D eigenvalue weighted by molar-refractivity contribution is 0.0958. The summed E-state index contributed by atoms with van der Waals surface area (Å²) in [5.74, 6) is 2.66. The largest absolute Gasteiger partial charge is 0.508 e. The van der Waals surface area contributed by atoms with Crippen molar-refractivity contribution in [2.24, 2.45) is 23.7 Å². The Hall–Kier alpha value is -1.07. The Morgan fingerprint density at radius 3 is 2.52 bits per heavy atom. The third-order valence-electron chi connectivity index (χ3n) is 6.86. The quantitative estimate of drug-likeness (QED) is 0.754. The lowest BCUT2D eigenvalue weighted by Gasteiger charge is -2.45. The van der Waals surface area contributed by atoms with Crippen LogP contribution in [0.2, 0.25) is 0 Å². The monoisotopic (exact) mass is 393 g/mol. The van der Waals surface area contributed by atoms with Gasteiger partial charge in [0.25, 0.3) is 0 Å². The van der Waals surface area contributed by atoms with Gasteiger partial charge in [0.1, 0.15) is 5.75 Å². The Morgan fingerprint density at radius 1 is 1.11 bits per heavy atom. The van der Waals surface area contributed by atoms with Crippen LogP contribution in [0.3, 0.4) is 0 Å². The van der Waals surface area contributed by atoms with E-state index < -0.39 is 10.0 Å². The minimum absolute atomic E-state index is 0.237. The first-order valence-corrected chi connectivity index (χ1v) is 12.3.